The Kier molecular flexibility index (Phi) is 3.82. The molecule has 0 aromatic rings. The molecule has 0 bridgehead atoms. The summed E-state index contributed by atoms with van der Waals surface area (Å²) in [5.74, 6) is 0.461. The van der Waals surface area contributed by atoms with Crippen LogP contribution in [-0.4, -0.2) is 42.5 Å². The van der Waals surface area contributed by atoms with Crippen LogP contribution in [0.15, 0.2) is 0 Å². The van der Waals surface area contributed by atoms with Crippen LogP contribution in [0.4, 0.5) is 4.79 Å². The molecule has 4 atom stereocenters. The van der Waals surface area contributed by atoms with Crippen molar-refractivity contribution in [2.24, 2.45) is 11.3 Å². The van der Waals surface area contributed by atoms with Gasteiger partial charge in [-0.15, -0.1) is 0 Å². The van der Waals surface area contributed by atoms with E-state index >= 15 is 0 Å². The highest BCUT2D eigenvalue weighted by atomic mass is 16.5. The number of ether oxygens (including phenoxy) is 1. The predicted molar refractivity (Wildman–Crippen MR) is 68.2 cm³/mol. The average Bonchev–Trinajstić information content (AvgIpc) is 2.72. The lowest BCUT2D eigenvalue weighted by atomic mass is 9.57. The second-order valence-corrected chi connectivity index (χ2v) is 6.08. The summed E-state index contributed by atoms with van der Waals surface area (Å²) in [4.78, 5) is 11.8. The summed E-state index contributed by atoms with van der Waals surface area (Å²) in [5.41, 5.74) is 0.0166. The summed E-state index contributed by atoms with van der Waals surface area (Å²) in [7, 11) is 0. The molecule has 4 unspecified atom stereocenters. The number of rotatable bonds is 4. The van der Waals surface area contributed by atoms with E-state index in [1.54, 1.807) is 6.92 Å². The Bertz CT molecular complexity index is 317. The van der Waals surface area contributed by atoms with Crippen molar-refractivity contribution in [2.75, 3.05) is 13.2 Å². The first-order chi connectivity index (χ1) is 8.43. The summed E-state index contributed by atoms with van der Waals surface area (Å²) >= 11 is 0. The Morgan fingerprint density at radius 1 is 1.56 bits per heavy atom. The van der Waals surface area contributed by atoms with Gasteiger partial charge in [-0.2, -0.15) is 0 Å². The van der Waals surface area contributed by atoms with Gasteiger partial charge in [0.2, 0.25) is 0 Å². The number of aliphatic hydroxyl groups excluding tert-OH is 1. The van der Waals surface area contributed by atoms with Crippen LogP contribution in [-0.2, 0) is 4.74 Å². The number of urea groups is 1. The largest absolute Gasteiger partial charge is 0.393 e. The molecule has 104 valence electrons. The molecule has 0 spiro atoms. The van der Waals surface area contributed by atoms with Crippen molar-refractivity contribution in [1.82, 2.24) is 10.6 Å². The van der Waals surface area contributed by atoms with Crippen LogP contribution in [0.25, 0.3) is 0 Å². The Labute approximate surface area is 108 Å². The third kappa shape index (κ3) is 2.47. The smallest absolute Gasteiger partial charge is 0.315 e. The van der Waals surface area contributed by atoms with Gasteiger partial charge in [0.1, 0.15) is 0 Å². The zero-order chi connectivity index (χ0) is 13.3. The van der Waals surface area contributed by atoms with Crippen molar-refractivity contribution < 1.29 is 14.6 Å². The number of nitrogens with one attached hydrogen (secondary N) is 2. The highest BCUT2D eigenvalue weighted by Gasteiger charge is 2.59. The van der Waals surface area contributed by atoms with E-state index in [-0.39, 0.29) is 23.6 Å². The van der Waals surface area contributed by atoms with Gasteiger partial charge in [0.15, 0.2) is 0 Å². The molecule has 3 N–H and O–H groups in total. The first kappa shape index (κ1) is 13.6. The molecule has 0 aromatic heterocycles. The molecule has 2 amide bonds. The maximum atomic E-state index is 11.8. The van der Waals surface area contributed by atoms with Crippen molar-refractivity contribution >= 4 is 6.03 Å². The number of amides is 2. The molecule has 2 rings (SSSR count). The topological polar surface area (TPSA) is 70.6 Å². The molecule has 1 aliphatic heterocycles. The molecule has 2 fully saturated rings. The predicted octanol–water partition coefficient (Wildman–Crippen LogP) is 0.870. The number of fused-ring (bicyclic) bond motifs is 1. The van der Waals surface area contributed by atoms with Gasteiger partial charge < -0.3 is 20.5 Å². The molecule has 1 heterocycles. The van der Waals surface area contributed by atoms with E-state index in [1.807, 2.05) is 0 Å². The molecular formula is C13H24N2O3. The first-order valence-corrected chi connectivity index (χ1v) is 6.77. The highest BCUT2D eigenvalue weighted by molar-refractivity contribution is 5.74. The third-order valence-corrected chi connectivity index (χ3v) is 4.23. The van der Waals surface area contributed by atoms with Crippen LogP contribution in [0.3, 0.4) is 0 Å². The second kappa shape index (κ2) is 5.05. The van der Waals surface area contributed by atoms with Crippen molar-refractivity contribution in [3.05, 3.63) is 0 Å². The molecule has 5 heteroatoms. The lowest BCUT2D eigenvalue weighted by molar-refractivity contribution is -0.108. The Morgan fingerprint density at radius 2 is 2.28 bits per heavy atom. The maximum absolute atomic E-state index is 11.8. The van der Waals surface area contributed by atoms with Gasteiger partial charge in [0, 0.05) is 30.5 Å². The molecular weight excluding hydrogens is 232 g/mol. The lowest BCUT2D eigenvalue weighted by Gasteiger charge is -2.54. The molecule has 2 aliphatic rings. The molecule has 18 heavy (non-hydrogen) atoms. The molecule has 0 radical (unpaired) electrons. The van der Waals surface area contributed by atoms with E-state index in [0.29, 0.717) is 25.0 Å². The first-order valence-electron chi connectivity index (χ1n) is 6.77. The molecule has 0 aromatic carbocycles. The summed E-state index contributed by atoms with van der Waals surface area (Å²) in [6.07, 6.45) is 1.53. The minimum Gasteiger partial charge on any atom is -0.393 e. The van der Waals surface area contributed by atoms with Gasteiger partial charge in [-0.05, 0) is 19.8 Å². The average molecular weight is 256 g/mol. The van der Waals surface area contributed by atoms with Crippen molar-refractivity contribution in [3.8, 4) is 0 Å². The Morgan fingerprint density at radius 3 is 2.94 bits per heavy atom. The number of aliphatic hydroxyl groups is 1. The van der Waals surface area contributed by atoms with Gasteiger partial charge in [-0.3, -0.25) is 0 Å². The van der Waals surface area contributed by atoms with Crippen LogP contribution in [0, 0.1) is 11.3 Å². The normalized spacial score (nSPS) is 34.3. The van der Waals surface area contributed by atoms with Crippen LogP contribution < -0.4 is 10.6 Å². The Hall–Kier alpha value is -0.810. The van der Waals surface area contributed by atoms with E-state index < -0.39 is 0 Å². The van der Waals surface area contributed by atoms with Gasteiger partial charge >= 0.3 is 6.03 Å². The number of carbonyl (C=O) groups is 1. The summed E-state index contributed by atoms with van der Waals surface area (Å²) in [5, 5.41) is 14.9. The van der Waals surface area contributed by atoms with Gasteiger partial charge in [0.05, 0.1) is 12.2 Å². The van der Waals surface area contributed by atoms with Gasteiger partial charge in [-0.25, -0.2) is 4.79 Å². The Balaban J connectivity index is 1.77. The van der Waals surface area contributed by atoms with Gasteiger partial charge in [-0.1, -0.05) is 13.8 Å². The van der Waals surface area contributed by atoms with E-state index in [0.717, 1.165) is 13.0 Å². The fourth-order valence-corrected chi connectivity index (χ4v) is 3.20. The monoisotopic (exact) mass is 256 g/mol. The number of hydrogen-bond acceptors (Lipinski definition) is 3. The van der Waals surface area contributed by atoms with E-state index in [2.05, 4.69) is 24.5 Å². The van der Waals surface area contributed by atoms with Crippen LogP contribution in [0.2, 0.25) is 0 Å². The second-order valence-electron chi connectivity index (χ2n) is 6.08. The van der Waals surface area contributed by atoms with Crippen LogP contribution >= 0.6 is 0 Å². The molecule has 5 nitrogen and oxygen atoms in total. The maximum Gasteiger partial charge on any atom is 0.315 e. The summed E-state index contributed by atoms with van der Waals surface area (Å²) in [6, 6.07) is 0.0515. The zero-order valence-corrected chi connectivity index (χ0v) is 11.4. The lowest BCUT2D eigenvalue weighted by Crippen LogP contribution is -2.67. The van der Waals surface area contributed by atoms with E-state index in [4.69, 9.17) is 9.84 Å². The molecule has 1 saturated heterocycles. The van der Waals surface area contributed by atoms with Crippen molar-refractivity contribution in [3.63, 3.8) is 0 Å². The fourth-order valence-electron chi connectivity index (χ4n) is 3.20. The molecule has 1 aliphatic carbocycles. The zero-order valence-electron chi connectivity index (χ0n) is 11.4. The molecule has 1 saturated carbocycles. The fraction of sp³-hybridized carbons (Fsp3) is 0.923. The minimum atomic E-state index is -0.377. The van der Waals surface area contributed by atoms with Gasteiger partial charge in [0.25, 0.3) is 0 Å². The summed E-state index contributed by atoms with van der Waals surface area (Å²) < 4.78 is 5.69. The SMILES string of the molecule is CC(O)CCNC(=O)NC1C2CCOC2C1(C)C. The van der Waals surface area contributed by atoms with Crippen molar-refractivity contribution in [2.45, 2.75) is 51.9 Å². The van der Waals surface area contributed by atoms with Crippen LogP contribution in [0.1, 0.15) is 33.6 Å². The van der Waals surface area contributed by atoms with Crippen LogP contribution in [0.5, 0.6) is 0 Å². The highest BCUT2D eigenvalue weighted by Crippen LogP contribution is 2.51. The number of hydrogen-bond donors (Lipinski definition) is 3. The third-order valence-electron chi connectivity index (χ3n) is 4.23. The minimum absolute atomic E-state index is 0.0166. The van der Waals surface area contributed by atoms with Crippen molar-refractivity contribution in [1.29, 1.82) is 0 Å². The standard InChI is InChI=1S/C13H24N2O3/c1-8(16)4-6-14-12(17)15-10-9-5-7-18-11(9)13(10,2)3/h8-11,16H,4-7H2,1-3H3,(H2,14,15,17). The quantitative estimate of drug-likeness (QED) is 0.699. The van der Waals surface area contributed by atoms with E-state index in [9.17, 15) is 4.79 Å². The summed E-state index contributed by atoms with van der Waals surface area (Å²) in [6.45, 7) is 7.30. The van der Waals surface area contributed by atoms with E-state index in [1.165, 1.54) is 0 Å². The number of carbonyl (C=O) groups excluding carboxylic acids is 1.